The van der Waals surface area contributed by atoms with E-state index in [0.717, 1.165) is 43.1 Å². The van der Waals surface area contributed by atoms with Crippen LogP contribution in [0.3, 0.4) is 0 Å². The van der Waals surface area contributed by atoms with Gasteiger partial charge in [-0.05, 0) is 43.7 Å². The fourth-order valence-electron chi connectivity index (χ4n) is 3.27. The van der Waals surface area contributed by atoms with Crippen LogP contribution in [0.15, 0.2) is 42.6 Å². The maximum atomic E-state index is 12.0. The minimum atomic E-state index is 0.0190. The lowest BCUT2D eigenvalue weighted by molar-refractivity contribution is 0.0827. The summed E-state index contributed by atoms with van der Waals surface area (Å²) < 4.78 is 0. The molecule has 2 aromatic rings. The summed E-state index contributed by atoms with van der Waals surface area (Å²) in [6.07, 6.45) is 1.92. The highest BCUT2D eigenvalue weighted by Gasteiger charge is 2.19. The summed E-state index contributed by atoms with van der Waals surface area (Å²) in [5, 5.41) is 0. The van der Waals surface area contributed by atoms with Crippen LogP contribution in [-0.4, -0.2) is 67.0 Å². The Balaban J connectivity index is 1.67. The van der Waals surface area contributed by atoms with Crippen molar-refractivity contribution in [3.63, 3.8) is 0 Å². The van der Waals surface area contributed by atoms with E-state index in [1.54, 1.807) is 19.0 Å². The molecule has 1 aromatic carbocycles. The highest BCUT2D eigenvalue weighted by atomic mass is 16.2. The molecule has 1 amide bonds. The number of aromatic nitrogens is 1. The van der Waals surface area contributed by atoms with E-state index in [1.165, 1.54) is 0 Å². The molecule has 26 heavy (non-hydrogen) atoms. The van der Waals surface area contributed by atoms with Gasteiger partial charge in [0.05, 0.1) is 0 Å². The molecule has 5 nitrogen and oxygen atoms in total. The van der Waals surface area contributed by atoms with Crippen molar-refractivity contribution < 1.29 is 4.79 Å². The molecular formula is C21H28N4O. The molecule has 0 N–H and O–H groups in total. The van der Waals surface area contributed by atoms with E-state index >= 15 is 0 Å². The maximum Gasteiger partial charge on any atom is 0.253 e. The molecule has 0 spiro atoms. The van der Waals surface area contributed by atoms with Gasteiger partial charge in [-0.3, -0.25) is 9.69 Å². The molecule has 1 saturated heterocycles. The standard InChI is InChI=1S/C21H28N4O/c1-16(2)24-11-13-25(14-12-24)20-10-9-19(15-22-20)17-5-7-18(8-6-17)21(26)23(3)4/h5-10,15-16H,11-14H2,1-4H3. The lowest BCUT2D eigenvalue weighted by atomic mass is 10.1. The minimum absolute atomic E-state index is 0.0190. The summed E-state index contributed by atoms with van der Waals surface area (Å²) in [6, 6.07) is 12.5. The molecule has 0 atom stereocenters. The third kappa shape index (κ3) is 4.05. The molecule has 1 fully saturated rings. The minimum Gasteiger partial charge on any atom is -0.354 e. The number of piperazine rings is 1. The highest BCUT2D eigenvalue weighted by Crippen LogP contribution is 2.22. The first-order valence-electron chi connectivity index (χ1n) is 9.23. The number of hydrogen-bond acceptors (Lipinski definition) is 4. The van der Waals surface area contributed by atoms with Crippen molar-refractivity contribution >= 4 is 11.7 Å². The van der Waals surface area contributed by atoms with Crippen molar-refractivity contribution in [3.8, 4) is 11.1 Å². The third-order valence-electron chi connectivity index (χ3n) is 4.99. The normalized spacial score (nSPS) is 15.3. The molecule has 2 heterocycles. The SMILES string of the molecule is CC(C)N1CCN(c2ccc(-c3ccc(C(=O)N(C)C)cc3)cn2)CC1. The summed E-state index contributed by atoms with van der Waals surface area (Å²) in [5.74, 6) is 1.06. The predicted octanol–water partition coefficient (Wildman–Crippen LogP) is 2.98. The number of benzene rings is 1. The zero-order valence-electron chi connectivity index (χ0n) is 16.1. The van der Waals surface area contributed by atoms with E-state index in [-0.39, 0.29) is 5.91 Å². The first-order valence-corrected chi connectivity index (χ1v) is 9.23. The zero-order chi connectivity index (χ0) is 18.7. The van der Waals surface area contributed by atoms with Crippen LogP contribution in [-0.2, 0) is 0 Å². The monoisotopic (exact) mass is 352 g/mol. The predicted molar refractivity (Wildman–Crippen MR) is 107 cm³/mol. The zero-order valence-corrected chi connectivity index (χ0v) is 16.1. The fourth-order valence-corrected chi connectivity index (χ4v) is 3.27. The van der Waals surface area contributed by atoms with Crippen LogP contribution in [0.1, 0.15) is 24.2 Å². The molecule has 5 heteroatoms. The van der Waals surface area contributed by atoms with E-state index in [1.807, 2.05) is 30.5 Å². The van der Waals surface area contributed by atoms with Gasteiger partial charge in [-0.25, -0.2) is 4.98 Å². The van der Waals surface area contributed by atoms with E-state index in [4.69, 9.17) is 0 Å². The third-order valence-corrected chi connectivity index (χ3v) is 4.99. The summed E-state index contributed by atoms with van der Waals surface area (Å²) >= 11 is 0. The first-order chi connectivity index (χ1) is 12.5. The summed E-state index contributed by atoms with van der Waals surface area (Å²) in [5.41, 5.74) is 2.84. The van der Waals surface area contributed by atoms with Crippen molar-refractivity contribution in [2.24, 2.45) is 0 Å². The van der Waals surface area contributed by atoms with Gasteiger partial charge >= 0.3 is 0 Å². The number of rotatable bonds is 4. The van der Waals surface area contributed by atoms with Crippen molar-refractivity contribution in [1.82, 2.24) is 14.8 Å². The van der Waals surface area contributed by atoms with Gasteiger partial charge in [-0.2, -0.15) is 0 Å². The van der Waals surface area contributed by atoms with Crippen molar-refractivity contribution in [2.75, 3.05) is 45.2 Å². The first kappa shape index (κ1) is 18.4. The Kier molecular flexibility index (Phi) is 5.57. The van der Waals surface area contributed by atoms with Crippen molar-refractivity contribution in [2.45, 2.75) is 19.9 Å². The topological polar surface area (TPSA) is 39.7 Å². The van der Waals surface area contributed by atoms with Gasteiger partial charge in [-0.15, -0.1) is 0 Å². The smallest absolute Gasteiger partial charge is 0.253 e. The van der Waals surface area contributed by atoms with Gasteiger partial charge in [-0.1, -0.05) is 12.1 Å². The molecule has 0 saturated carbocycles. The van der Waals surface area contributed by atoms with Crippen LogP contribution in [0, 0.1) is 0 Å². The number of anilines is 1. The molecule has 1 aliphatic heterocycles. The second kappa shape index (κ2) is 7.87. The summed E-state index contributed by atoms with van der Waals surface area (Å²) in [4.78, 5) is 23.1. The fraction of sp³-hybridized carbons (Fsp3) is 0.429. The number of nitrogens with zero attached hydrogens (tertiary/aromatic N) is 4. The average Bonchev–Trinajstić information content (AvgIpc) is 2.67. The number of amides is 1. The molecule has 0 aliphatic carbocycles. The Morgan fingerprint density at radius 3 is 2.08 bits per heavy atom. The Morgan fingerprint density at radius 2 is 1.58 bits per heavy atom. The lowest BCUT2D eigenvalue weighted by Crippen LogP contribution is -2.49. The molecule has 0 radical (unpaired) electrons. The van der Waals surface area contributed by atoms with Gasteiger partial charge < -0.3 is 9.80 Å². The van der Waals surface area contributed by atoms with Gasteiger partial charge in [0.25, 0.3) is 5.91 Å². The van der Waals surface area contributed by atoms with Crippen LogP contribution in [0.4, 0.5) is 5.82 Å². The van der Waals surface area contributed by atoms with E-state index in [0.29, 0.717) is 11.6 Å². The number of hydrogen-bond donors (Lipinski definition) is 0. The van der Waals surface area contributed by atoms with Gasteiger partial charge in [0, 0.05) is 63.6 Å². The highest BCUT2D eigenvalue weighted by molar-refractivity contribution is 5.94. The van der Waals surface area contributed by atoms with Gasteiger partial charge in [0.1, 0.15) is 5.82 Å². The number of carbonyl (C=O) groups is 1. The molecule has 1 aliphatic rings. The quantitative estimate of drug-likeness (QED) is 0.848. The van der Waals surface area contributed by atoms with Crippen LogP contribution in [0.25, 0.3) is 11.1 Å². The summed E-state index contributed by atoms with van der Waals surface area (Å²) in [7, 11) is 3.53. The Labute approximate surface area is 156 Å². The van der Waals surface area contributed by atoms with Crippen molar-refractivity contribution in [1.29, 1.82) is 0 Å². The molecule has 1 aromatic heterocycles. The van der Waals surface area contributed by atoms with E-state index < -0.39 is 0 Å². The molecular weight excluding hydrogens is 324 g/mol. The van der Waals surface area contributed by atoms with Crippen LogP contribution >= 0.6 is 0 Å². The van der Waals surface area contributed by atoms with Crippen LogP contribution in [0.5, 0.6) is 0 Å². The lowest BCUT2D eigenvalue weighted by Gasteiger charge is -2.37. The van der Waals surface area contributed by atoms with Crippen LogP contribution < -0.4 is 4.90 Å². The Hall–Kier alpha value is -2.40. The maximum absolute atomic E-state index is 12.0. The molecule has 3 rings (SSSR count). The van der Waals surface area contributed by atoms with Gasteiger partial charge in [0.2, 0.25) is 0 Å². The Morgan fingerprint density at radius 1 is 0.962 bits per heavy atom. The number of pyridine rings is 1. The van der Waals surface area contributed by atoms with Crippen LogP contribution in [0.2, 0.25) is 0 Å². The number of carbonyl (C=O) groups excluding carboxylic acids is 1. The average molecular weight is 352 g/mol. The van der Waals surface area contributed by atoms with E-state index in [9.17, 15) is 4.79 Å². The Bertz CT molecular complexity index is 730. The molecule has 0 unspecified atom stereocenters. The molecule has 0 bridgehead atoms. The summed E-state index contributed by atoms with van der Waals surface area (Å²) in [6.45, 7) is 8.71. The second-order valence-electron chi connectivity index (χ2n) is 7.30. The second-order valence-corrected chi connectivity index (χ2v) is 7.30. The molecule has 138 valence electrons. The van der Waals surface area contributed by atoms with Gasteiger partial charge in [0.15, 0.2) is 0 Å². The van der Waals surface area contributed by atoms with E-state index in [2.05, 4.69) is 40.8 Å². The largest absolute Gasteiger partial charge is 0.354 e. The van der Waals surface area contributed by atoms with Crippen molar-refractivity contribution in [3.05, 3.63) is 48.2 Å².